The molecule has 0 saturated heterocycles. The fourth-order valence-electron chi connectivity index (χ4n) is 0.750. The molecule has 0 unspecified atom stereocenters. The summed E-state index contributed by atoms with van der Waals surface area (Å²) in [4.78, 5) is 8.19. The quantitative estimate of drug-likeness (QED) is 0.683. The van der Waals surface area contributed by atoms with Crippen molar-refractivity contribution in [2.45, 2.75) is 19.4 Å². The van der Waals surface area contributed by atoms with E-state index in [0.29, 0.717) is 0 Å². The number of hydrogen-bond acceptors (Lipinski definition) is 3. The van der Waals surface area contributed by atoms with E-state index in [-0.39, 0.29) is 5.54 Å². The molecule has 0 aromatic carbocycles. The second-order valence-corrected chi connectivity index (χ2v) is 2.97. The van der Waals surface area contributed by atoms with Crippen LogP contribution < -0.4 is 5.32 Å². The average Bonchev–Trinajstić information content (AvgIpc) is 2.06. The standard InChI is InChI=1S/C8H13N3/c1-8(2,9-3)7-6-10-4-5-11-7/h4-6,9H,1-3H3. The first-order valence-corrected chi connectivity index (χ1v) is 3.62. The van der Waals surface area contributed by atoms with Crippen LogP contribution in [0.4, 0.5) is 0 Å². The van der Waals surface area contributed by atoms with Crippen molar-refractivity contribution in [1.82, 2.24) is 15.3 Å². The molecule has 1 N–H and O–H groups in total. The normalized spacial score (nSPS) is 11.5. The first-order valence-electron chi connectivity index (χ1n) is 3.62. The van der Waals surface area contributed by atoms with Gasteiger partial charge in [-0.3, -0.25) is 9.97 Å². The summed E-state index contributed by atoms with van der Waals surface area (Å²) < 4.78 is 0. The van der Waals surface area contributed by atoms with Crippen LogP contribution in [0.15, 0.2) is 18.6 Å². The van der Waals surface area contributed by atoms with Crippen LogP contribution in [0.25, 0.3) is 0 Å². The van der Waals surface area contributed by atoms with Gasteiger partial charge >= 0.3 is 0 Å². The van der Waals surface area contributed by atoms with Gasteiger partial charge in [-0.1, -0.05) is 0 Å². The van der Waals surface area contributed by atoms with Gasteiger partial charge in [0, 0.05) is 12.4 Å². The van der Waals surface area contributed by atoms with Gasteiger partial charge in [-0.2, -0.15) is 0 Å². The monoisotopic (exact) mass is 151 g/mol. The van der Waals surface area contributed by atoms with E-state index in [0.717, 1.165) is 5.69 Å². The summed E-state index contributed by atoms with van der Waals surface area (Å²) in [6, 6.07) is 0. The van der Waals surface area contributed by atoms with E-state index >= 15 is 0 Å². The second kappa shape index (κ2) is 2.96. The molecule has 0 aliphatic rings. The molecule has 0 fully saturated rings. The lowest BCUT2D eigenvalue weighted by molar-refractivity contribution is 0.429. The predicted molar refractivity (Wildman–Crippen MR) is 44.1 cm³/mol. The van der Waals surface area contributed by atoms with Gasteiger partial charge in [0.1, 0.15) is 0 Å². The Morgan fingerprint density at radius 2 is 2.09 bits per heavy atom. The lowest BCUT2D eigenvalue weighted by Gasteiger charge is -2.22. The van der Waals surface area contributed by atoms with Gasteiger partial charge < -0.3 is 5.32 Å². The number of rotatable bonds is 2. The number of hydrogen-bond donors (Lipinski definition) is 1. The van der Waals surface area contributed by atoms with Crippen molar-refractivity contribution in [3.63, 3.8) is 0 Å². The molecule has 0 spiro atoms. The number of nitrogens with one attached hydrogen (secondary N) is 1. The minimum atomic E-state index is -0.0890. The second-order valence-electron chi connectivity index (χ2n) is 2.97. The van der Waals surface area contributed by atoms with Crippen LogP contribution in [0, 0.1) is 0 Å². The van der Waals surface area contributed by atoms with Crippen LogP contribution in [0.1, 0.15) is 19.5 Å². The molecule has 0 atom stereocenters. The minimum absolute atomic E-state index is 0.0890. The molecule has 1 rings (SSSR count). The van der Waals surface area contributed by atoms with Crippen LogP contribution in [-0.2, 0) is 5.54 Å². The average molecular weight is 151 g/mol. The SMILES string of the molecule is CNC(C)(C)c1cnccn1. The van der Waals surface area contributed by atoms with E-state index in [4.69, 9.17) is 0 Å². The van der Waals surface area contributed by atoms with E-state index in [1.165, 1.54) is 0 Å². The largest absolute Gasteiger partial charge is 0.310 e. The zero-order valence-corrected chi connectivity index (χ0v) is 7.13. The lowest BCUT2D eigenvalue weighted by atomic mass is 10.0. The summed E-state index contributed by atoms with van der Waals surface area (Å²) in [5, 5.41) is 3.16. The molecule has 0 amide bonds. The highest BCUT2D eigenvalue weighted by molar-refractivity contribution is 5.07. The zero-order chi connectivity index (χ0) is 8.32. The molecule has 1 heterocycles. The molecule has 0 bridgehead atoms. The van der Waals surface area contributed by atoms with Crippen molar-refractivity contribution < 1.29 is 0 Å². The van der Waals surface area contributed by atoms with Crippen LogP contribution in [0.5, 0.6) is 0 Å². The Bertz CT molecular complexity index is 218. The molecular formula is C8H13N3. The molecule has 60 valence electrons. The highest BCUT2D eigenvalue weighted by atomic mass is 15.0. The Balaban J connectivity index is 2.93. The fraction of sp³-hybridized carbons (Fsp3) is 0.500. The van der Waals surface area contributed by atoms with E-state index < -0.39 is 0 Å². The van der Waals surface area contributed by atoms with Crippen LogP contribution >= 0.6 is 0 Å². The Morgan fingerprint density at radius 3 is 2.55 bits per heavy atom. The third-order valence-electron chi connectivity index (χ3n) is 1.83. The van der Waals surface area contributed by atoms with Crippen molar-refractivity contribution >= 4 is 0 Å². The Labute approximate surface area is 66.9 Å². The molecule has 1 aromatic heterocycles. The van der Waals surface area contributed by atoms with E-state index in [9.17, 15) is 0 Å². The van der Waals surface area contributed by atoms with Crippen molar-refractivity contribution in [2.24, 2.45) is 0 Å². The van der Waals surface area contributed by atoms with Crippen LogP contribution in [0.3, 0.4) is 0 Å². The van der Waals surface area contributed by atoms with Gasteiger partial charge in [0.2, 0.25) is 0 Å². The zero-order valence-electron chi connectivity index (χ0n) is 7.13. The van der Waals surface area contributed by atoms with Gasteiger partial charge in [-0.05, 0) is 20.9 Å². The fourth-order valence-corrected chi connectivity index (χ4v) is 0.750. The lowest BCUT2D eigenvalue weighted by Crippen LogP contribution is -2.34. The maximum atomic E-state index is 4.20. The summed E-state index contributed by atoms with van der Waals surface area (Å²) >= 11 is 0. The summed E-state index contributed by atoms with van der Waals surface area (Å²) in [7, 11) is 1.91. The first-order chi connectivity index (χ1) is 5.17. The van der Waals surface area contributed by atoms with E-state index in [1.807, 2.05) is 7.05 Å². The summed E-state index contributed by atoms with van der Waals surface area (Å²) in [6.07, 6.45) is 5.15. The van der Waals surface area contributed by atoms with E-state index in [2.05, 4.69) is 29.1 Å². The van der Waals surface area contributed by atoms with Gasteiger partial charge in [-0.15, -0.1) is 0 Å². The molecule has 3 heteroatoms. The number of nitrogens with zero attached hydrogens (tertiary/aromatic N) is 2. The summed E-state index contributed by atoms with van der Waals surface area (Å²) in [5.41, 5.74) is 0.872. The number of aromatic nitrogens is 2. The van der Waals surface area contributed by atoms with Crippen molar-refractivity contribution in [2.75, 3.05) is 7.05 Å². The van der Waals surface area contributed by atoms with Crippen molar-refractivity contribution in [3.8, 4) is 0 Å². The maximum Gasteiger partial charge on any atom is 0.0781 e. The molecule has 0 radical (unpaired) electrons. The Morgan fingerprint density at radius 1 is 1.36 bits per heavy atom. The molecule has 3 nitrogen and oxygen atoms in total. The van der Waals surface area contributed by atoms with Crippen LogP contribution in [-0.4, -0.2) is 17.0 Å². The summed E-state index contributed by atoms with van der Waals surface area (Å²) in [5.74, 6) is 0. The Hall–Kier alpha value is -0.960. The highest BCUT2D eigenvalue weighted by Crippen LogP contribution is 2.14. The van der Waals surface area contributed by atoms with Gasteiger partial charge in [0.05, 0.1) is 17.4 Å². The third kappa shape index (κ3) is 1.74. The topological polar surface area (TPSA) is 37.8 Å². The molecule has 0 aliphatic heterocycles. The van der Waals surface area contributed by atoms with Gasteiger partial charge in [0.25, 0.3) is 0 Å². The molecule has 11 heavy (non-hydrogen) atoms. The van der Waals surface area contributed by atoms with Gasteiger partial charge in [0.15, 0.2) is 0 Å². The van der Waals surface area contributed by atoms with Gasteiger partial charge in [-0.25, -0.2) is 0 Å². The molecule has 1 aromatic rings. The highest BCUT2D eigenvalue weighted by Gasteiger charge is 2.18. The summed E-state index contributed by atoms with van der Waals surface area (Å²) in [6.45, 7) is 4.13. The third-order valence-corrected chi connectivity index (χ3v) is 1.83. The minimum Gasteiger partial charge on any atom is -0.310 e. The van der Waals surface area contributed by atoms with E-state index in [1.54, 1.807) is 18.6 Å². The molecule has 0 aliphatic carbocycles. The van der Waals surface area contributed by atoms with Crippen molar-refractivity contribution in [3.05, 3.63) is 24.3 Å². The Kier molecular flexibility index (Phi) is 2.19. The maximum absolute atomic E-state index is 4.20. The first kappa shape index (κ1) is 8.14. The predicted octanol–water partition coefficient (Wildman–Crippen LogP) is 0.931. The van der Waals surface area contributed by atoms with Crippen molar-refractivity contribution in [1.29, 1.82) is 0 Å². The van der Waals surface area contributed by atoms with Crippen LogP contribution in [0.2, 0.25) is 0 Å². The smallest absolute Gasteiger partial charge is 0.0781 e. The molecule has 0 saturated carbocycles. The molecular weight excluding hydrogens is 138 g/mol.